The summed E-state index contributed by atoms with van der Waals surface area (Å²) < 4.78 is 78.3. The summed E-state index contributed by atoms with van der Waals surface area (Å²) in [7, 11) is 0. The molecular formula is C22H18F5NO3S. The van der Waals surface area contributed by atoms with Gasteiger partial charge in [0.2, 0.25) is 0 Å². The van der Waals surface area contributed by atoms with Crippen LogP contribution in [0.5, 0.6) is 5.75 Å². The first-order valence-electron chi connectivity index (χ1n) is 9.57. The van der Waals surface area contributed by atoms with E-state index < -0.39 is 41.0 Å². The minimum atomic E-state index is -4.71. The summed E-state index contributed by atoms with van der Waals surface area (Å²) in [5.74, 6) is -4.22. The quantitative estimate of drug-likeness (QED) is 0.394. The van der Waals surface area contributed by atoms with Crippen LogP contribution in [-0.2, 0) is 30.4 Å². The van der Waals surface area contributed by atoms with Gasteiger partial charge in [-0.3, -0.25) is 4.79 Å². The SMILES string of the molecule is CCc1ccc(-c2nsc(C(F)(F)F)c2COc2c(F)cc(CCC(=O)O)cc2F)cc1. The minimum Gasteiger partial charge on any atom is -0.483 e. The third-order valence-corrected chi connectivity index (χ3v) is 5.66. The molecule has 0 saturated carbocycles. The molecule has 0 fully saturated rings. The van der Waals surface area contributed by atoms with Crippen LogP contribution < -0.4 is 4.74 Å². The van der Waals surface area contributed by atoms with E-state index in [1.165, 1.54) is 0 Å². The number of nitrogens with zero attached hydrogens (tertiary/aromatic N) is 1. The third kappa shape index (κ3) is 5.42. The number of benzene rings is 2. The number of rotatable bonds is 8. The molecule has 0 aliphatic heterocycles. The topological polar surface area (TPSA) is 59.4 Å². The number of ether oxygens (including phenoxy) is 1. The molecule has 3 rings (SSSR count). The van der Waals surface area contributed by atoms with Crippen LogP contribution in [0.1, 0.15) is 34.9 Å². The highest BCUT2D eigenvalue weighted by molar-refractivity contribution is 7.06. The Morgan fingerprint density at radius 2 is 1.72 bits per heavy atom. The highest BCUT2D eigenvalue weighted by Gasteiger charge is 2.38. The lowest BCUT2D eigenvalue weighted by molar-refractivity contribution is -0.137. The molecule has 0 saturated heterocycles. The summed E-state index contributed by atoms with van der Waals surface area (Å²) in [6.07, 6.45) is -4.39. The predicted molar refractivity (Wildman–Crippen MR) is 109 cm³/mol. The first-order valence-corrected chi connectivity index (χ1v) is 10.3. The van der Waals surface area contributed by atoms with E-state index >= 15 is 0 Å². The third-order valence-electron chi connectivity index (χ3n) is 4.73. The minimum absolute atomic E-state index is 0.0314. The van der Waals surface area contributed by atoms with Gasteiger partial charge >= 0.3 is 12.1 Å². The number of alkyl halides is 3. The maximum Gasteiger partial charge on any atom is 0.427 e. The molecule has 170 valence electrons. The number of hydrogen-bond donors (Lipinski definition) is 1. The number of aromatic nitrogens is 1. The van der Waals surface area contributed by atoms with E-state index in [9.17, 15) is 26.7 Å². The first-order chi connectivity index (χ1) is 15.1. The van der Waals surface area contributed by atoms with Crippen molar-refractivity contribution < 1.29 is 36.6 Å². The molecule has 0 atom stereocenters. The van der Waals surface area contributed by atoms with Crippen LogP contribution in [0.3, 0.4) is 0 Å². The largest absolute Gasteiger partial charge is 0.483 e. The van der Waals surface area contributed by atoms with Crippen molar-refractivity contribution in [1.29, 1.82) is 0 Å². The zero-order chi connectivity index (χ0) is 23.5. The second-order valence-corrected chi connectivity index (χ2v) is 7.73. The fourth-order valence-corrected chi connectivity index (χ4v) is 3.85. The van der Waals surface area contributed by atoms with Crippen LogP contribution in [0.25, 0.3) is 11.3 Å². The molecule has 0 aliphatic carbocycles. The summed E-state index contributed by atoms with van der Waals surface area (Å²) in [5, 5.41) is 8.69. The Balaban J connectivity index is 1.91. The number of aliphatic carboxylic acids is 1. The number of carboxylic acids is 1. The molecule has 2 aromatic carbocycles. The van der Waals surface area contributed by atoms with Gasteiger partial charge in [-0.2, -0.15) is 17.5 Å². The average Bonchev–Trinajstić information content (AvgIpc) is 3.16. The van der Waals surface area contributed by atoms with Gasteiger partial charge in [-0.15, -0.1) is 0 Å². The highest BCUT2D eigenvalue weighted by Crippen LogP contribution is 2.40. The predicted octanol–water partition coefficient (Wildman–Crippen LogP) is 6.27. The lowest BCUT2D eigenvalue weighted by atomic mass is 10.0. The fourth-order valence-electron chi connectivity index (χ4n) is 3.08. The molecule has 4 nitrogen and oxygen atoms in total. The molecule has 1 heterocycles. The standard InChI is InChI=1S/C22H18F5NO3S/c1-2-12-3-6-14(7-4-12)19-15(21(32-28-19)22(25,26)27)11-31-20-16(23)9-13(10-17(20)24)5-8-18(29)30/h3-4,6-7,9-10H,2,5,8,11H2,1H3,(H,29,30). The second kappa shape index (κ2) is 9.64. The first kappa shape index (κ1) is 23.6. The number of carboxylic acid groups (broad SMARTS) is 1. The molecule has 0 spiro atoms. The molecule has 1 aromatic heterocycles. The van der Waals surface area contributed by atoms with Crippen molar-refractivity contribution >= 4 is 17.5 Å². The van der Waals surface area contributed by atoms with E-state index in [-0.39, 0.29) is 41.2 Å². The van der Waals surface area contributed by atoms with Crippen LogP contribution in [0.4, 0.5) is 22.0 Å². The molecule has 3 aromatic rings. The van der Waals surface area contributed by atoms with Gasteiger partial charge in [0, 0.05) is 17.5 Å². The Bertz CT molecular complexity index is 1090. The maximum absolute atomic E-state index is 14.4. The second-order valence-electron chi connectivity index (χ2n) is 6.96. The van der Waals surface area contributed by atoms with Gasteiger partial charge in [-0.05, 0) is 47.6 Å². The Morgan fingerprint density at radius 3 is 2.25 bits per heavy atom. The van der Waals surface area contributed by atoms with Crippen LogP contribution in [0.15, 0.2) is 36.4 Å². The van der Waals surface area contributed by atoms with E-state index in [0.29, 0.717) is 5.56 Å². The lowest BCUT2D eigenvalue weighted by Crippen LogP contribution is -2.09. The van der Waals surface area contributed by atoms with Gasteiger partial charge in [0.25, 0.3) is 0 Å². The summed E-state index contributed by atoms with van der Waals surface area (Å²) in [5.41, 5.74) is 1.23. The Hall–Kier alpha value is -3.01. The van der Waals surface area contributed by atoms with Gasteiger partial charge < -0.3 is 9.84 Å². The summed E-state index contributed by atoms with van der Waals surface area (Å²) in [6, 6.07) is 8.61. The van der Waals surface area contributed by atoms with Crippen molar-refractivity contribution in [2.75, 3.05) is 0 Å². The molecule has 0 unspecified atom stereocenters. The van der Waals surface area contributed by atoms with E-state index in [1.54, 1.807) is 24.3 Å². The van der Waals surface area contributed by atoms with Crippen LogP contribution >= 0.6 is 11.5 Å². The van der Waals surface area contributed by atoms with Crippen LogP contribution in [0.2, 0.25) is 0 Å². The summed E-state index contributed by atoms with van der Waals surface area (Å²) >= 11 is 0.245. The van der Waals surface area contributed by atoms with E-state index in [4.69, 9.17) is 9.84 Å². The van der Waals surface area contributed by atoms with Crippen molar-refractivity contribution in [2.45, 2.75) is 39.0 Å². The number of carbonyl (C=O) groups is 1. The van der Waals surface area contributed by atoms with Crippen molar-refractivity contribution in [2.24, 2.45) is 0 Å². The van der Waals surface area contributed by atoms with Gasteiger partial charge in [0.1, 0.15) is 11.5 Å². The van der Waals surface area contributed by atoms with Gasteiger partial charge in [-0.1, -0.05) is 31.2 Å². The molecule has 0 radical (unpaired) electrons. The number of hydrogen-bond acceptors (Lipinski definition) is 4. The molecule has 0 aliphatic rings. The van der Waals surface area contributed by atoms with Gasteiger partial charge in [-0.25, -0.2) is 8.78 Å². The molecule has 0 amide bonds. The molecule has 0 bridgehead atoms. The summed E-state index contributed by atoms with van der Waals surface area (Å²) in [6.45, 7) is 1.19. The maximum atomic E-state index is 14.4. The van der Waals surface area contributed by atoms with Crippen molar-refractivity contribution in [3.05, 3.63) is 69.6 Å². The zero-order valence-corrected chi connectivity index (χ0v) is 17.6. The van der Waals surface area contributed by atoms with E-state index in [1.807, 2.05) is 6.92 Å². The molecular weight excluding hydrogens is 453 g/mol. The normalized spacial score (nSPS) is 11.6. The van der Waals surface area contributed by atoms with Crippen LogP contribution in [-0.4, -0.2) is 15.4 Å². The fraction of sp³-hybridized carbons (Fsp3) is 0.273. The highest BCUT2D eigenvalue weighted by atomic mass is 32.1. The van der Waals surface area contributed by atoms with Crippen LogP contribution in [0, 0.1) is 11.6 Å². The van der Waals surface area contributed by atoms with Gasteiger partial charge in [0.05, 0.1) is 5.69 Å². The molecule has 1 N–H and O–H groups in total. The molecule has 32 heavy (non-hydrogen) atoms. The summed E-state index contributed by atoms with van der Waals surface area (Å²) in [4.78, 5) is 9.62. The van der Waals surface area contributed by atoms with Crippen molar-refractivity contribution in [3.8, 4) is 17.0 Å². The molecule has 10 heteroatoms. The number of aryl methyl sites for hydroxylation is 2. The lowest BCUT2D eigenvalue weighted by Gasteiger charge is -2.13. The van der Waals surface area contributed by atoms with E-state index in [0.717, 1.165) is 24.1 Å². The Labute approximate surface area is 184 Å². The average molecular weight is 471 g/mol. The Morgan fingerprint density at radius 1 is 1.09 bits per heavy atom. The number of halogens is 5. The van der Waals surface area contributed by atoms with Gasteiger partial charge in [0.15, 0.2) is 17.4 Å². The monoisotopic (exact) mass is 471 g/mol. The Kier molecular flexibility index (Phi) is 7.12. The zero-order valence-electron chi connectivity index (χ0n) is 16.8. The van der Waals surface area contributed by atoms with Crippen molar-refractivity contribution in [3.63, 3.8) is 0 Å². The van der Waals surface area contributed by atoms with E-state index in [2.05, 4.69) is 4.37 Å². The van der Waals surface area contributed by atoms with Crippen molar-refractivity contribution in [1.82, 2.24) is 4.37 Å². The smallest absolute Gasteiger partial charge is 0.427 e.